The monoisotopic (exact) mass is 432 g/mol. The molecule has 5 nitrogen and oxygen atoms in total. The van der Waals surface area contributed by atoms with E-state index in [1.54, 1.807) is 25.1 Å². The molecule has 0 amide bonds. The van der Waals surface area contributed by atoms with Crippen LogP contribution in [0.4, 0.5) is 13.2 Å². The number of ether oxygens (including phenoxy) is 1. The normalized spacial score (nSPS) is 12.6. The molecule has 8 heteroatoms. The van der Waals surface area contributed by atoms with Crippen LogP contribution in [0.3, 0.4) is 0 Å². The highest BCUT2D eigenvalue weighted by atomic mass is 19.4. The number of nitrogens with zero attached hydrogens (tertiary/aromatic N) is 2. The summed E-state index contributed by atoms with van der Waals surface area (Å²) in [4.78, 5) is 11.1. The highest BCUT2D eigenvalue weighted by Gasteiger charge is 2.32. The van der Waals surface area contributed by atoms with Crippen molar-refractivity contribution < 1.29 is 27.8 Å². The van der Waals surface area contributed by atoms with Crippen molar-refractivity contribution in [1.29, 1.82) is 0 Å². The first kappa shape index (κ1) is 22.4. The lowest BCUT2D eigenvalue weighted by atomic mass is 10.0. The Morgan fingerprint density at radius 2 is 1.87 bits per heavy atom. The summed E-state index contributed by atoms with van der Waals surface area (Å²) in [6.45, 7) is 5.67. The lowest BCUT2D eigenvalue weighted by Crippen LogP contribution is -2.11. The van der Waals surface area contributed by atoms with Crippen molar-refractivity contribution in [3.63, 3.8) is 0 Å². The Bertz CT molecular complexity index is 1070. The molecule has 0 radical (unpaired) electrons. The zero-order valence-electron chi connectivity index (χ0n) is 17.4. The fourth-order valence-corrected chi connectivity index (χ4v) is 3.45. The number of hydrogen-bond acceptors (Lipinski definition) is 3. The van der Waals surface area contributed by atoms with Crippen molar-refractivity contribution in [2.24, 2.45) is 0 Å². The third kappa shape index (κ3) is 5.07. The Kier molecular flexibility index (Phi) is 6.38. The summed E-state index contributed by atoms with van der Waals surface area (Å²) < 4.78 is 46.7. The van der Waals surface area contributed by atoms with Gasteiger partial charge < -0.3 is 9.84 Å². The van der Waals surface area contributed by atoms with Crippen molar-refractivity contribution in [3.05, 3.63) is 76.6 Å². The molecule has 164 valence electrons. The van der Waals surface area contributed by atoms with Crippen molar-refractivity contribution in [1.82, 2.24) is 9.78 Å². The van der Waals surface area contributed by atoms with E-state index in [2.05, 4.69) is 5.10 Å². The van der Waals surface area contributed by atoms with E-state index >= 15 is 0 Å². The van der Waals surface area contributed by atoms with Gasteiger partial charge in [-0.2, -0.15) is 18.3 Å². The first-order valence-corrected chi connectivity index (χ1v) is 9.83. The van der Waals surface area contributed by atoms with Gasteiger partial charge in [-0.05, 0) is 55.2 Å². The van der Waals surface area contributed by atoms with Crippen molar-refractivity contribution in [2.45, 2.75) is 45.9 Å². The molecule has 0 fully saturated rings. The molecule has 31 heavy (non-hydrogen) atoms. The molecule has 0 spiro atoms. The zero-order chi connectivity index (χ0) is 22.8. The number of alkyl halides is 3. The number of carbonyl (C=O) groups is 1. The number of halogens is 3. The SMILES string of the molecule is CCC[C@H](Oc1cc(C)cc(C)c1-n1cc(C(F)(F)F)cn1)c1ccc(C(=O)O)cc1. The zero-order valence-corrected chi connectivity index (χ0v) is 17.4. The molecule has 0 aliphatic rings. The minimum Gasteiger partial charge on any atom is -0.483 e. The van der Waals surface area contributed by atoms with E-state index in [1.165, 1.54) is 16.8 Å². The Morgan fingerprint density at radius 3 is 2.42 bits per heavy atom. The molecule has 0 aliphatic carbocycles. The van der Waals surface area contributed by atoms with Crippen LogP contribution in [0.5, 0.6) is 5.75 Å². The maximum atomic E-state index is 13.1. The molecule has 3 aromatic rings. The molecule has 0 bridgehead atoms. The van der Waals surface area contributed by atoms with E-state index in [0.29, 0.717) is 17.9 Å². The Labute approximate surface area is 178 Å². The maximum Gasteiger partial charge on any atom is 0.419 e. The summed E-state index contributed by atoms with van der Waals surface area (Å²) in [6, 6.07) is 10.0. The number of benzene rings is 2. The van der Waals surface area contributed by atoms with Crippen LogP contribution in [0, 0.1) is 13.8 Å². The van der Waals surface area contributed by atoms with E-state index in [9.17, 15) is 18.0 Å². The van der Waals surface area contributed by atoms with Crippen LogP contribution >= 0.6 is 0 Å². The third-order valence-electron chi connectivity index (χ3n) is 4.90. The largest absolute Gasteiger partial charge is 0.483 e. The van der Waals surface area contributed by atoms with E-state index in [0.717, 1.165) is 35.5 Å². The smallest absolute Gasteiger partial charge is 0.419 e. The van der Waals surface area contributed by atoms with Crippen LogP contribution in [0.1, 0.15) is 58.5 Å². The number of aryl methyl sites for hydroxylation is 2. The lowest BCUT2D eigenvalue weighted by molar-refractivity contribution is -0.137. The quantitative estimate of drug-likeness (QED) is 0.488. The van der Waals surface area contributed by atoms with Crippen molar-refractivity contribution >= 4 is 5.97 Å². The van der Waals surface area contributed by atoms with Gasteiger partial charge in [-0.1, -0.05) is 31.5 Å². The van der Waals surface area contributed by atoms with Gasteiger partial charge in [-0.25, -0.2) is 9.48 Å². The Balaban J connectivity index is 2.02. The van der Waals surface area contributed by atoms with Gasteiger partial charge >= 0.3 is 12.1 Å². The molecule has 2 aromatic carbocycles. The molecule has 1 atom stereocenters. The molecule has 0 saturated heterocycles. The van der Waals surface area contributed by atoms with Crippen molar-refractivity contribution in [2.75, 3.05) is 0 Å². The number of carboxylic acids is 1. The van der Waals surface area contributed by atoms with Gasteiger partial charge in [0.15, 0.2) is 0 Å². The minimum absolute atomic E-state index is 0.169. The van der Waals surface area contributed by atoms with Gasteiger partial charge in [0.1, 0.15) is 17.5 Å². The van der Waals surface area contributed by atoms with Crippen LogP contribution in [-0.2, 0) is 6.18 Å². The number of rotatable bonds is 7. The van der Waals surface area contributed by atoms with Gasteiger partial charge in [0.25, 0.3) is 0 Å². The molecule has 3 rings (SSSR count). The molecule has 1 N–H and O–H groups in total. The predicted molar refractivity (Wildman–Crippen MR) is 110 cm³/mol. The summed E-state index contributed by atoms with van der Waals surface area (Å²) in [5.41, 5.74) is 2.17. The van der Waals surface area contributed by atoms with Gasteiger partial charge in [0, 0.05) is 6.20 Å². The van der Waals surface area contributed by atoms with E-state index in [-0.39, 0.29) is 5.56 Å². The van der Waals surface area contributed by atoms with Crippen LogP contribution in [0.15, 0.2) is 48.8 Å². The van der Waals surface area contributed by atoms with Crippen molar-refractivity contribution in [3.8, 4) is 11.4 Å². The number of aromatic nitrogens is 2. The second-order valence-electron chi connectivity index (χ2n) is 7.42. The second-order valence-corrected chi connectivity index (χ2v) is 7.42. The molecule has 0 aliphatic heterocycles. The van der Waals surface area contributed by atoms with E-state index in [4.69, 9.17) is 9.84 Å². The maximum absolute atomic E-state index is 13.1. The topological polar surface area (TPSA) is 64.4 Å². The molecular formula is C23H23F3N2O3. The van der Waals surface area contributed by atoms with Crippen LogP contribution < -0.4 is 4.74 Å². The molecular weight excluding hydrogens is 409 g/mol. The average molecular weight is 432 g/mol. The van der Waals surface area contributed by atoms with E-state index in [1.807, 2.05) is 19.9 Å². The van der Waals surface area contributed by atoms with Gasteiger partial charge in [-0.15, -0.1) is 0 Å². The van der Waals surface area contributed by atoms with Gasteiger partial charge in [-0.3, -0.25) is 0 Å². The lowest BCUT2D eigenvalue weighted by Gasteiger charge is -2.23. The first-order valence-electron chi connectivity index (χ1n) is 9.83. The van der Waals surface area contributed by atoms with E-state index < -0.39 is 23.8 Å². The number of hydrogen-bond donors (Lipinski definition) is 1. The van der Waals surface area contributed by atoms with Gasteiger partial charge in [0.05, 0.1) is 17.3 Å². The number of carboxylic acid groups (broad SMARTS) is 1. The fourth-order valence-electron chi connectivity index (χ4n) is 3.45. The first-order chi connectivity index (χ1) is 14.6. The minimum atomic E-state index is -4.49. The van der Waals surface area contributed by atoms with Gasteiger partial charge in [0.2, 0.25) is 0 Å². The highest BCUT2D eigenvalue weighted by molar-refractivity contribution is 5.87. The third-order valence-corrected chi connectivity index (χ3v) is 4.90. The molecule has 1 heterocycles. The summed E-state index contributed by atoms with van der Waals surface area (Å²) >= 11 is 0. The highest BCUT2D eigenvalue weighted by Crippen LogP contribution is 2.35. The standard InChI is InChI=1S/C23H23F3N2O3/c1-4-5-19(16-6-8-17(9-7-16)22(29)30)31-20-11-14(2)10-15(3)21(20)28-13-18(12-27-28)23(24,25)26/h6-13,19H,4-5H2,1-3H3,(H,29,30)/t19-/m0/s1. The number of aromatic carboxylic acids is 1. The average Bonchev–Trinajstić information content (AvgIpc) is 3.17. The fraction of sp³-hybridized carbons (Fsp3) is 0.304. The Morgan fingerprint density at radius 1 is 1.19 bits per heavy atom. The molecule has 0 saturated carbocycles. The second kappa shape index (κ2) is 8.83. The molecule has 1 aromatic heterocycles. The van der Waals surface area contributed by atoms with Crippen LogP contribution in [-0.4, -0.2) is 20.9 Å². The summed E-state index contributed by atoms with van der Waals surface area (Å²) in [5.74, 6) is -0.606. The Hall–Kier alpha value is -3.29. The predicted octanol–water partition coefficient (Wildman–Crippen LogP) is 6.13. The van der Waals surface area contributed by atoms with Crippen LogP contribution in [0.2, 0.25) is 0 Å². The molecule has 0 unspecified atom stereocenters. The van der Waals surface area contributed by atoms with Crippen LogP contribution in [0.25, 0.3) is 5.69 Å². The summed E-state index contributed by atoms with van der Waals surface area (Å²) in [6.07, 6.45) is -1.71. The summed E-state index contributed by atoms with van der Waals surface area (Å²) in [7, 11) is 0. The summed E-state index contributed by atoms with van der Waals surface area (Å²) in [5, 5.41) is 13.0.